The molecular formula is C26H49F3O. The maximum Gasteiger partial charge on any atom is 0.417 e. The van der Waals surface area contributed by atoms with Gasteiger partial charge in [-0.2, -0.15) is 13.2 Å². The lowest BCUT2D eigenvalue weighted by atomic mass is 9.74. The standard InChI is InChI=1S/C26H49F3O/c1-6-24(25(30,7-2)26(27,28)29)19-22(5)21(4)15-11-13-20(3)14-12-18-23-16-9-8-10-17-23/h20-24,30H,6-19H2,1-5H3/t20-,21?,22-,24?,25-/m0/s1. The zero-order valence-corrected chi connectivity index (χ0v) is 20.4. The molecule has 0 aromatic carbocycles. The number of alkyl halides is 3. The molecule has 0 aromatic heterocycles. The van der Waals surface area contributed by atoms with Crippen LogP contribution in [0.3, 0.4) is 0 Å². The third-order valence-corrected chi connectivity index (χ3v) is 8.22. The number of halogens is 3. The maximum absolute atomic E-state index is 13.5. The Kier molecular flexibility index (Phi) is 12.3. The molecule has 0 aromatic rings. The van der Waals surface area contributed by atoms with Crippen molar-refractivity contribution in [1.29, 1.82) is 0 Å². The van der Waals surface area contributed by atoms with Gasteiger partial charge in [0.25, 0.3) is 0 Å². The summed E-state index contributed by atoms with van der Waals surface area (Å²) in [5.41, 5.74) is -2.55. The molecule has 30 heavy (non-hydrogen) atoms. The van der Waals surface area contributed by atoms with E-state index in [0.29, 0.717) is 18.8 Å². The van der Waals surface area contributed by atoms with Crippen molar-refractivity contribution in [3.63, 3.8) is 0 Å². The summed E-state index contributed by atoms with van der Waals surface area (Å²) in [5.74, 6) is 1.57. The molecule has 0 bridgehead atoms. The van der Waals surface area contributed by atoms with Crippen LogP contribution in [0.5, 0.6) is 0 Å². The van der Waals surface area contributed by atoms with Crippen molar-refractivity contribution >= 4 is 0 Å². The van der Waals surface area contributed by atoms with Crippen LogP contribution in [0.1, 0.15) is 125 Å². The normalized spacial score (nSPS) is 22.3. The third kappa shape index (κ3) is 8.71. The van der Waals surface area contributed by atoms with Crippen LogP contribution >= 0.6 is 0 Å². The van der Waals surface area contributed by atoms with Gasteiger partial charge in [-0.3, -0.25) is 0 Å². The summed E-state index contributed by atoms with van der Waals surface area (Å²) in [6.45, 7) is 9.80. The first-order chi connectivity index (χ1) is 14.0. The summed E-state index contributed by atoms with van der Waals surface area (Å²) < 4.78 is 40.4. The van der Waals surface area contributed by atoms with E-state index in [2.05, 4.69) is 20.8 Å². The predicted octanol–water partition coefficient (Wildman–Crippen LogP) is 8.94. The number of hydrogen-bond donors (Lipinski definition) is 1. The molecule has 180 valence electrons. The van der Waals surface area contributed by atoms with Crippen molar-refractivity contribution in [3.8, 4) is 0 Å². The fourth-order valence-electron chi connectivity index (χ4n) is 5.55. The molecule has 0 aliphatic heterocycles. The highest BCUT2D eigenvalue weighted by Gasteiger charge is 2.56. The molecule has 4 heteroatoms. The quantitative estimate of drug-likeness (QED) is 0.289. The van der Waals surface area contributed by atoms with E-state index in [1.54, 1.807) is 6.92 Å². The van der Waals surface area contributed by atoms with Crippen molar-refractivity contribution < 1.29 is 18.3 Å². The molecule has 0 radical (unpaired) electrons. The summed E-state index contributed by atoms with van der Waals surface area (Å²) in [4.78, 5) is 0. The van der Waals surface area contributed by atoms with E-state index in [1.165, 1.54) is 64.7 Å². The molecule has 1 rings (SSSR count). The average molecular weight is 435 g/mol. The average Bonchev–Trinajstić information content (AvgIpc) is 2.71. The van der Waals surface area contributed by atoms with Gasteiger partial charge in [-0.25, -0.2) is 0 Å². The van der Waals surface area contributed by atoms with Crippen LogP contribution < -0.4 is 0 Å². The highest BCUT2D eigenvalue weighted by molar-refractivity contribution is 4.92. The van der Waals surface area contributed by atoms with E-state index in [9.17, 15) is 18.3 Å². The van der Waals surface area contributed by atoms with Gasteiger partial charge in [-0.15, -0.1) is 0 Å². The Hall–Kier alpha value is -0.250. The highest BCUT2D eigenvalue weighted by Crippen LogP contribution is 2.43. The van der Waals surface area contributed by atoms with Crippen LogP contribution in [-0.4, -0.2) is 16.9 Å². The van der Waals surface area contributed by atoms with E-state index < -0.39 is 17.7 Å². The predicted molar refractivity (Wildman–Crippen MR) is 121 cm³/mol. The van der Waals surface area contributed by atoms with Crippen LogP contribution in [0.4, 0.5) is 13.2 Å². The van der Waals surface area contributed by atoms with Gasteiger partial charge in [0, 0.05) is 0 Å². The van der Waals surface area contributed by atoms with Gasteiger partial charge in [0.2, 0.25) is 0 Å². The molecule has 0 amide bonds. The highest BCUT2D eigenvalue weighted by atomic mass is 19.4. The zero-order valence-electron chi connectivity index (χ0n) is 20.4. The number of rotatable bonds is 14. The van der Waals surface area contributed by atoms with Crippen molar-refractivity contribution in [3.05, 3.63) is 0 Å². The number of hydrogen-bond acceptors (Lipinski definition) is 1. The van der Waals surface area contributed by atoms with Gasteiger partial charge in [-0.1, -0.05) is 112 Å². The monoisotopic (exact) mass is 434 g/mol. The van der Waals surface area contributed by atoms with Gasteiger partial charge in [-0.05, 0) is 42.4 Å². The fourth-order valence-corrected chi connectivity index (χ4v) is 5.55. The summed E-state index contributed by atoms with van der Waals surface area (Å²) in [5, 5.41) is 10.3. The van der Waals surface area contributed by atoms with E-state index in [0.717, 1.165) is 24.7 Å². The minimum atomic E-state index is -4.56. The van der Waals surface area contributed by atoms with Gasteiger partial charge in [0.05, 0.1) is 0 Å². The first-order valence-electron chi connectivity index (χ1n) is 12.8. The first-order valence-corrected chi connectivity index (χ1v) is 12.8. The number of aliphatic hydroxyl groups is 1. The Morgan fingerprint density at radius 3 is 2.00 bits per heavy atom. The van der Waals surface area contributed by atoms with E-state index in [4.69, 9.17) is 0 Å². The molecule has 1 aliphatic rings. The molecule has 1 nitrogen and oxygen atoms in total. The Balaban J connectivity index is 2.32. The van der Waals surface area contributed by atoms with Crippen molar-refractivity contribution in [2.24, 2.45) is 29.6 Å². The molecule has 1 fully saturated rings. The molecule has 1 aliphatic carbocycles. The van der Waals surface area contributed by atoms with Gasteiger partial charge < -0.3 is 5.11 Å². The Morgan fingerprint density at radius 2 is 1.47 bits per heavy atom. The van der Waals surface area contributed by atoms with Crippen molar-refractivity contribution in [2.75, 3.05) is 0 Å². The lowest BCUT2D eigenvalue weighted by Gasteiger charge is -2.38. The van der Waals surface area contributed by atoms with Crippen LogP contribution in [0.15, 0.2) is 0 Å². The summed E-state index contributed by atoms with van der Waals surface area (Å²) >= 11 is 0. The second kappa shape index (κ2) is 13.3. The molecule has 1 N–H and O–H groups in total. The SMILES string of the molecule is CCC(C[C@H](C)C(C)CCC[C@H](C)CCCC1CCCCC1)[C@@](O)(CC)C(F)(F)F. The maximum atomic E-state index is 13.5. The summed E-state index contributed by atoms with van der Waals surface area (Å²) in [7, 11) is 0. The van der Waals surface area contributed by atoms with E-state index in [-0.39, 0.29) is 12.3 Å². The molecule has 2 unspecified atom stereocenters. The molecule has 0 heterocycles. The van der Waals surface area contributed by atoms with E-state index in [1.807, 2.05) is 0 Å². The molecular weight excluding hydrogens is 385 g/mol. The topological polar surface area (TPSA) is 20.2 Å². The Labute approximate surface area is 184 Å². The summed E-state index contributed by atoms with van der Waals surface area (Å²) in [6, 6.07) is 0. The first kappa shape index (κ1) is 27.8. The molecule has 1 saturated carbocycles. The summed E-state index contributed by atoms with van der Waals surface area (Å²) in [6.07, 6.45) is 10.6. The van der Waals surface area contributed by atoms with Crippen LogP contribution in [0, 0.1) is 29.6 Å². The van der Waals surface area contributed by atoms with Crippen LogP contribution in [0.2, 0.25) is 0 Å². The van der Waals surface area contributed by atoms with Gasteiger partial charge in [0.15, 0.2) is 5.60 Å². The molecule has 5 atom stereocenters. The third-order valence-electron chi connectivity index (χ3n) is 8.22. The van der Waals surface area contributed by atoms with Gasteiger partial charge in [0.1, 0.15) is 0 Å². The largest absolute Gasteiger partial charge is 0.417 e. The minimum Gasteiger partial charge on any atom is -0.380 e. The minimum absolute atomic E-state index is 0.192. The van der Waals surface area contributed by atoms with Crippen LogP contribution in [0.25, 0.3) is 0 Å². The van der Waals surface area contributed by atoms with Crippen molar-refractivity contribution in [2.45, 2.75) is 136 Å². The second-order valence-electron chi connectivity index (χ2n) is 10.5. The lowest BCUT2D eigenvalue weighted by molar-refractivity contribution is -0.283. The smallest absolute Gasteiger partial charge is 0.380 e. The fraction of sp³-hybridized carbons (Fsp3) is 1.00. The lowest BCUT2D eigenvalue weighted by Crippen LogP contribution is -2.51. The Bertz CT molecular complexity index is 444. The second-order valence-corrected chi connectivity index (χ2v) is 10.5. The molecule has 0 spiro atoms. The Morgan fingerprint density at radius 1 is 0.867 bits per heavy atom. The van der Waals surface area contributed by atoms with Gasteiger partial charge >= 0.3 is 6.18 Å². The zero-order chi connectivity index (χ0) is 22.8. The van der Waals surface area contributed by atoms with Crippen LogP contribution in [-0.2, 0) is 0 Å². The molecule has 0 saturated heterocycles. The van der Waals surface area contributed by atoms with E-state index >= 15 is 0 Å². The van der Waals surface area contributed by atoms with Crippen molar-refractivity contribution in [1.82, 2.24) is 0 Å².